The monoisotopic (exact) mass is 375 g/mol. The van der Waals surface area contributed by atoms with E-state index >= 15 is 0 Å². The highest BCUT2D eigenvalue weighted by Crippen LogP contribution is 2.24. The number of carboxylic acids is 1. The molecule has 1 aliphatic rings. The van der Waals surface area contributed by atoms with Crippen molar-refractivity contribution in [2.45, 2.75) is 18.6 Å². The summed E-state index contributed by atoms with van der Waals surface area (Å²) < 4.78 is 1.000. The van der Waals surface area contributed by atoms with E-state index < -0.39 is 11.2 Å². The van der Waals surface area contributed by atoms with Crippen LogP contribution in [0, 0.1) is 0 Å². The smallest absolute Gasteiger partial charge is 0.305 e. The van der Waals surface area contributed by atoms with E-state index in [0.29, 0.717) is 5.17 Å². The molecule has 106 valence electrons. The third-order valence-electron chi connectivity index (χ3n) is 2.36. The maximum absolute atomic E-state index is 11.5. The molecule has 20 heavy (non-hydrogen) atoms. The number of amides is 1. The van der Waals surface area contributed by atoms with Gasteiger partial charge in [-0.1, -0.05) is 11.8 Å². The van der Waals surface area contributed by atoms with Crippen LogP contribution in [0.5, 0.6) is 0 Å². The Morgan fingerprint density at radius 1 is 1.55 bits per heavy atom. The normalized spacial score (nSPS) is 21.3. The van der Waals surface area contributed by atoms with Crippen molar-refractivity contribution in [3.8, 4) is 0 Å². The lowest BCUT2D eigenvalue weighted by Crippen LogP contribution is -2.26. The lowest BCUT2D eigenvalue weighted by atomic mass is 10.3. The quantitative estimate of drug-likeness (QED) is 0.623. The number of rotatable bonds is 4. The van der Waals surface area contributed by atoms with Gasteiger partial charge >= 0.3 is 5.97 Å². The Hall–Kier alpha value is -1.19. The van der Waals surface area contributed by atoms with E-state index in [0.717, 1.165) is 26.1 Å². The van der Waals surface area contributed by atoms with Gasteiger partial charge in [-0.15, -0.1) is 16.4 Å². The van der Waals surface area contributed by atoms with Crippen molar-refractivity contribution >= 4 is 61.8 Å². The molecule has 1 atom stereocenters. The highest BCUT2D eigenvalue weighted by atomic mass is 79.9. The summed E-state index contributed by atoms with van der Waals surface area (Å²) in [4.78, 5) is 23.1. The minimum Gasteiger partial charge on any atom is -0.481 e. The van der Waals surface area contributed by atoms with Gasteiger partial charge in [0.2, 0.25) is 5.91 Å². The first kappa shape index (κ1) is 15.2. The fraction of sp³-hybridized carbons (Fsp3) is 0.273. The second kappa shape index (κ2) is 6.51. The number of hydrogen-bond donors (Lipinski definition) is 2. The first-order valence-electron chi connectivity index (χ1n) is 5.53. The number of thiophene rings is 1. The first-order chi connectivity index (χ1) is 9.45. The Bertz CT molecular complexity index is 612. The number of thioether (sulfide) groups is 1. The minimum atomic E-state index is -1.01. The van der Waals surface area contributed by atoms with Crippen LogP contribution in [0.3, 0.4) is 0 Å². The van der Waals surface area contributed by atoms with Crippen LogP contribution >= 0.6 is 39.0 Å². The van der Waals surface area contributed by atoms with Crippen LogP contribution < -0.4 is 5.32 Å². The van der Waals surface area contributed by atoms with E-state index in [1.165, 1.54) is 11.3 Å². The van der Waals surface area contributed by atoms with Crippen molar-refractivity contribution in [1.82, 2.24) is 5.32 Å². The highest BCUT2D eigenvalue weighted by molar-refractivity contribution is 9.11. The fourth-order valence-corrected chi connectivity index (χ4v) is 3.66. The second-order valence-corrected chi connectivity index (χ2v) is 7.54. The van der Waals surface area contributed by atoms with E-state index in [2.05, 4.69) is 31.4 Å². The van der Waals surface area contributed by atoms with Gasteiger partial charge in [0.25, 0.3) is 0 Å². The Kier molecular flexibility index (Phi) is 4.95. The average molecular weight is 376 g/mol. The molecule has 1 amide bonds. The number of aliphatic carboxylic acids is 1. The van der Waals surface area contributed by atoms with Crippen molar-refractivity contribution < 1.29 is 14.7 Å². The van der Waals surface area contributed by atoms with Crippen molar-refractivity contribution in [1.29, 1.82) is 0 Å². The number of nitrogens with one attached hydrogen (secondary N) is 1. The van der Waals surface area contributed by atoms with Gasteiger partial charge in [-0.3, -0.25) is 9.59 Å². The number of carbonyl (C=O) groups is 2. The van der Waals surface area contributed by atoms with Crippen molar-refractivity contribution in [3.63, 3.8) is 0 Å². The number of nitrogens with zero attached hydrogens (tertiary/aromatic N) is 2. The van der Waals surface area contributed by atoms with E-state index in [1.807, 2.05) is 19.1 Å². The molecule has 1 saturated heterocycles. The van der Waals surface area contributed by atoms with Crippen molar-refractivity contribution in [2.75, 3.05) is 0 Å². The summed E-state index contributed by atoms with van der Waals surface area (Å²) >= 11 is 5.99. The van der Waals surface area contributed by atoms with E-state index in [4.69, 9.17) is 5.11 Å². The molecule has 0 aromatic carbocycles. The lowest BCUT2D eigenvalue weighted by molar-refractivity contribution is -0.138. The van der Waals surface area contributed by atoms with Crippen molar-refractivity contribution in [3.05, 3.63) is 20.8 Å². The molecule has 0 unspecified atom stereocenters. The zero-order valence-electron chi connectivity index (χ0n) is 10.3. The molecule has 1 fully saturated rings. The maximum Gasteiger partial charge on any atom is 0.305 e. The molecule has 0 radical (unpaired) electrons. The SMILES string of the molecule is C/C(=N/N=C1/NC(=O)[C@H](CC(=O)O)S1)c1ccc(Br)s1. The minimum absolute atomic E-state index is 0.226. The molecular weight excluding hydrogens is 366 g/mol. The van der Waals surface area contributed by atoms with Crippen LogP contribution in [-0.4, -0.2) is 33.1 Å². The predicted molar refractivity (Wildman–Crippen MR) is 83.4 cm³/mol. The number of carboxylic acid groups (broad SMARTS) is 1. The first-order valence-corrected chi connectivity index (χ1v) is 8.02. The van der Waals surface area contributed by atoms with Gasteiger partial charge < -0.3 is 10.4 Å². The zero-order valence-corrected chi connectivity index (χ0v) is 13.5. The van der Waals surface area contributed by atoms with Crippen LogP contribution in [0.2, 0.25) is 0 Å². The van der Waals surface area contributed by atoms with E-state index in [9.17, 15) is 9.59 Å². The van der Waals surface area contributed by atoms with Crippen LogP contribution in [0.15, 0.2) is 26.1 Å². The Labute approximate surface area is 131 Å². The molecule has 6 nitrogen and oxygen atoms in total. The number of carbonyl (C=O) groups excluding carboxylic acids is 1. The summed E-state index contributed by atoms with van der Waals surface area (Å²) in [6.07, 6.45) is -0.226. The molecule has 0 bridgehead atoms. The van der Waals surface area contributed by atoms with Crippen LogP contribution in [0.25, 0.3) is 0 Å². The Balaban J connectivity index is 2.05. The highest BCUT2D eigenvalue weighted by Gasteiger charge is 2.32. The van der Waals surface area contributed by atoms with Crippen LogP contribution in [0.1, 0.15) is 18.2 Å². The Morgan fingerprint density at radius 2 is 2.30 bits per heavy atom. The summed E-state index contributed by atoms with van der Waals surface area (Å²) in [6.45, 7) is 1.82. The topological polar surface area (TPSA) is 91.1 Å². The van der Waals surface area contributed by atoms with Gasteiger partial charge in [-0.25, -0.2) is 0 Å². The molecule has 0 saturated carbocycles. The number of amidine groups is 1. The third kappa shape index (κ3) is 3.90. The van der Waals surface area contributed by atoms with Gasteiger partial charge in [0.1, 0.15) is 5.25 Å². The van der Waals surface area contributed by atoms with Gasteiger partial charge in [-0.05, 0) is 35.0 Å². The standard InChI is InChI=1S/C11H10BrN3O3S2/c1-5(6-2-3-8(12)19-6)14-15-11-13-10(18)7(20-11)4-9(16)17/h2-3,7H,4H2,1H3,(H,16,17)(H,13,15,18)/b14-5-/t7-/m0/s1. The summed E-state index contributed by atoms with van der Waals surface area (Å²) in [5.41, 5.74) is 0.727. The summed E-state index contributed by atoms with van der Waals surface area (Å²) in [5, 5.41) is 18.9. The molecule has 2 heterocycles. The van der Waals surface area contributed by atoms with Crippen LogP contribution in [0.4, 0.5) is 0 Å². The number of halogens is 1. The van der Waals surface area contributed by atoms with Gasteiger partial charge in [-0.2, -0.15) is 5.10 Å². The average Bonchev–Trinajstić information content (AvgIpc) is 2.93. The summed E-state index contributed by atoms with van der Waals surface area (Å²) in [5.74, 6) is -1.36. The van der Waals surface area contributed by atoms with Crippen LogP contribution in [-0.2, 0) is 9.59 Å². The Morgan fingerprint density at radius 3 is 2.90 bits per heavy atom. The van der Waals surface area contributed by atoms with Gasteiger partial charge in [0.15, 0.2) is 5.17 Å². The fourth-order valence-electron chi connectivity index (χ4n) is 1.42. The second-order valence-electron chi connectivity index (χ2n) is 3.89. The lowest BCUT2D eigenvalue weighted by Gasteiger charge is -1.98. The molecular formula is C11H10BrN3O3S2. The summed E-state index contributed by atoms with van der Waals surface area (Å²) in [6, 6.07) is 3.84. The van der Waals surface area contributed by atoms with E-state index in [-0.39, 0.29) is 12.3 Å². The van der Waals surface area contributed by atoms with E-state index in [1.54, 1.807) is 0 Å². The largest absolute Gasteiger partial charge is 0.481 e. The molecule has 1 aliphatic heterocycles. The maximum atomic E-state index is 11.5. The molecule has 1 aromatic rings. The molecule has 2 N–H and O–H groups in total. The molecule has 0 spiro atoms. The zero-order chi connectivity index (χ0) is 14.7. The van der Waals surface area contributed by atoms with Crippen molar-refractivity contribution in [2.24, 2.45) is 10.2 Å². The molecule has 2 rings (SSSR count). The third-order valence-corrected chi connectivity index (χ3v) is 5.16. The van der Waals surface area contributed by atoms with Gasteiger partial charge in [0.05, 0.1) is 20.8 Å². The molecule has 9 heteroatoms. The summed E-state index contributed by atoms with van der Waals surface area (Å²) in [7, 11) is 0. The molecule has 1 aromatic heterocycles. The van der Waals surface area contributed by atoms with Gasteiger partial charge in [0, 0.05) is 0 Å². The molecule has 0 aliphatic carbocycles. The predicted octanol–water partition coefficient (Wildman–Crippen LogP) is 2.30. The number of hydrogen-bond acceptors (Lipinski definition) is 6.